The van der Waals surface area contributed by atoms with Crippen molar-refractivity contribution in [2.24, 2.45) is 0 Å². The second kappa shape index (κ2) is 8.18. The molecule has 0 saturated heterocycles. The van der Waals surface area contributed by atoms with Gasteiger partial charge in [-0.1, -0.05) is 23.7 Å². The molecule has 3 heterocycles. The SMILES string of the molecule is COCCN(C)c1nc2c(Cl)cccc2cc1C(C)Nc1ncnc2nc[nH]c12. The first-order valence-corrected chi connectivity index (χ1v) is 9.66. The molecule has 9 heteroatoms. The minimum absolute atomic E-state index is 0.0766. The number of imidazole rings is 1. The van der Waals surface area contributed by atoms with Crippen molar-refractivity contribution in [1.29, 1.82) is 0 Å². The number of hydrogen-bond acceptors (Lipinski definition) is 7. The van der Waals surface area contributed by atoms with Crippen LogP contribution in [0.3, 0.4) is 0 Å². The normalized spacial score (nSPS) is 12.4. The highest BCUT2D eigenvalue weighted by molar-refractivity contribution is 6.35. The van der Waals surface area contributed by atoms with E-state index in [0.29, 0.717) is 29.6 Å². The lowest BCUT2D eigenvalue weighted by atomic mass is 10.1. The Morgan fingerprint density at radius 1 is 1.28 bits per heavy atom. The van der Waals surface area contributed by atoms with Gasteiger partial charge < -0.3 is 19.9 Å². The summed E-state index contributed by atoms with van der Waals surface area (Å²) in [6.45, 7) is 3.38. The van der Waals surface area contributed by atoms with Crippen molar-refractivity contribution >= 4 is 45.3 Å². The number of fused-ring (bicyclic) bond motifs is 2. The second-order valence-corrected chi connectivity index (χ2v) is 7.22. The molecule has 0 aliphatic carbocycles. The van der Waals surface area contributed by atoms with Gasteiger partial charge in [-0.15, -0.1) is 0 Å². The standard InChI is InChI=1S/C20H22ClN7O/c1-12(26-19-17-18(23-10-22-17)24-11-25-19)14-9-13-5-4-6-15(21)16(13)27-20(14)28(2)7-8-29-3/h4-6,9-12H,7-8H2,1-3H3,(H2,22,23,24,25,26). The quantitative estimate of drug-likeness (QED) is 0.477. The van der Waals surface area contributed by atoms with Crippen LogP contribution in [0.5, 0.6) is 0 Å². The van der Waals surface area contributed by atoms with Crippen molar-refractivity contribution in [2.75, 3.05) is 37.5 Å². The van der Waals surface area contributed by atoms with Gasteiger partial charge in [-0.05, 0) is 19.1 Å². The number of ether oxygens (including phenoxy) is 1. The zero-order valence-electron chi connectivity index (χ0n) is 16.5. The first kappa shape index (κ1) is 19.4. The average Bonchev–Trinajstić information content (AvgIpc) is 3.21. The molecule has 0 saturated carbocycles. The number of hydrogen-bond donors (Lipinski definition) is 2. The Hall–Kier alpha value is -2.97. The van der Waals surface area contributed by atoms with Crippen LogP contribution in [-0.2, 0) is 4.74 Å². The summed E-state index contributed by atoms with van der Waals surface area (Å²) < 4.78 is 5.24. The Bertz CT molecular complexity index is 1150. The molecule has 29 heavy (non-hydrogen) atoms. The number of anilines is 2. The second-order valence-electron chi connectivity index (χ2n) is 6.82. The summed E-state index contributed by atoms with van der Waals surface area (Å²) in [4.78, 5) is 22.8. The number of methoxy groups -OCH3 is 1. The van der Waals surface area contributed by atoms with Gasteiger partial charge in [-0.3, -0.25) is 0 Å². The van der Waals surface area contributed by atoms with E-state index in [2.05, 4.69) is 43.1 Å². The molecule has 0 aliphatic rings. The molecule has 0 amide bonds. The van der Waals surface area contributed by atoms with Crippen LogP contribution in [0, 0.1) is 0 Å². The molecule has 1 aromatic carbocycles. The van der Waals surface area contributed by atoms with E-state index < -0.39 is 0 Å². The molecule has 0 bridgehead atoms. The van der Waals surface area contributed by atoms with E-state index in [0.717, 1.165) is 27.8 Å². The van der Waals surface area contributed by atoms with Gasteiger partial charge in [0.25, 0.3) is 0 Å². The third-order valence-corrected chi connectivity index (χ3v) is 5.15. The van der Waals surface area contributed by atoms with Crippen molar-refractivity contribution < 1.29 is 4.74 Å². The number of aromatic nitrogens is 5. The number of rotatable bonds is 7. The number of aromatic amines is 1. The van der Waals surface area contributed by atoms with Gasteiger partial charge in [0.05, 0.1) is 29.5 Å². The van der Waals surface area contributed by atoms with E-state index in [9.17, 15) is 0 Å². The molecule has 0 spiro atoms. The van der Waals surface area contributed by atoms with Crippen LogP contribution in [0.15, 0.2) is 36.9 Å². The number of nitrogens with one attached hydrogen (secondary N) is 2. The first-order chi connectivity index (χ1) is 14.1. The number of likely N-dealkylation sites (N-methyl/N-ethyl adjacent to an activating group) is 1. The van der Waals surface area contributed by atoms with E-state index in [1.54, 1.807) is 13.4 Å². The zero-order valence-corrected chi connectivity index (χ0v) is 17.2. The van der Waals surface area contributed by atoms with Crippen molar-refractivity contribution in [3.63, 3.8) is 0 Å². The maximum Gasteiger partial charge on any atom is 0.182 e. The van der Waals surface area contributed by atoms with Crippen LogP contribution in [-0.4, -0.2) is 52.2 Å². The molecule has 8 nitrogen and oxygen atoms in total. The molecule has 0 aliphatic heterocycles. The van der Waals surface area contributed by atoms with Crippen LogP contribution in [0.1, 0.15) is 18.5 Å². The summed E-state index contributed by atoms with van der Waals surface area (Å²) in [5, 5.41) is 5.08. The minimum Gasteiger partial charge on any atom is -0.383 e. The Morgan fingerprint density at radius 3 is 2.97 bits per heavy atom. The van der Waals surface area contributed by atoms with Crippen molar-refractivity contribution in [2.45, 2.75) is 13.0 Å². The fourth-order valence-corrected chi connectivity index (χ4v) is 3.51. The number of benzene rings is 1. The van der Waals surface area contributed by atoms with Crippen LogP contribution in [0.4, 0.5) is 11.6 Å². The Balaban J connectivity index is 1.76. The highest BCUT2D eigenvalue weighted by Gasteiger charge is 2.19. The van der Waals surface area contributed by atoms with E-state index in [-0.39, 0.29) is 6.04 Å². The van der Waals surface area contributed by atoms with Gasteiger partial charge in [0.2, 0.25) is 0 Å². The molecule has 1 unspecified atom stereocenters. The Morgan fingerprint density at radius 2 is 2.14 bits per heavy atom. The van der Waals surface area contributed by atoms with Crippen LogP contribution < -0.4 is 10.2 Å². The zero-order chi connectivity index (χ0) is 20.4. The molecule has 4 rings (SSSR count). The molecule has 3 aromatic heterocycles. The molecule has 1 atom stereocenters. The highest BCUT2D eigenvalue weighted by atomic mass is 35.5. The summed E-state index contributed by atoms with van der Waals surface area (Å²) in [5.74, 6) is 1.54. The third-order valence-electron chi connectivity index (χ3n) is 4.84. The van der Waals surface area contributed by atoms with Gasteiger partial charge in [0, 0.05) is 31.7 Å². The van der Waals surface area contributed by atoms with Gasteiger partial charge in [0.15, 0.2) is 11.5 Å². The maximum atomic E-state index is 6.40. The third kappa shape index (κ3) is 3.81. The first-order valence-electron chi connectivity index (χ1n) is 9.28. The van der Waals surface area contributed by atoms with E-state index in [1.165, 1.54) is 6.33 Å². The van der Waals surface area contributed by atoms with Crippen molar-refractivity contribution in [3.8, 4) is 0 Å². The van der Waals surface area contributed by atoms with Gasteiger partial charge in [0.1, 0.15) is 17.7 Å². The number of para-hydroxylation sites is 1. The Labute approximate surface area is 173 Å². The lowest BCUT2D eigenvalue weighted by molar-refractivity contribution is 0.206. The smallest absolute Gasteiger partial charge is 0.182 e. The summed E-state index contributed by atoms with van der Waals surface area (Å²) >= 11 is 6.40. The molecular formula is C20H22ClN7O. The van der Waals surface area contributed by atoms with E-state index in [4.69, 9.17) is 21.3 Å². The summed E-state index contributed by atoms with van der Waals surface area (Å²) in [6.07, 6.45) is 3.11. The van der Waals surface area contributed by atoms with E-state index in [1.807, 2.05) is 25.2 Å². The summed E-state index contributed by atoms with van der Waals surface area (Å²) in [7, 11) is 3.69. The van der Waals surface area contributed by atoms with Gasteiger partial charge >= 0.3 is 0 Å². The molecule has 150 valence electrons. The van der Waals surface area contributed by atoms with Gasteiger partial charge in [-0.2, -0.15) is 0 Å². The van der Waals surface area contributed by atoms with Crippen molar-refractivity contribution in [3.05, 3.63) is 47.5 Å². The van der Waals surface area contributed by atoms with E-state index >= 15 is 0 Å². The van der Waals surface area contributed by atoms with Crippen LogP contribution in [0.2, 0.25) is 5.02 Å². The summed E-state index contributed by atoms with van der Waals surface area (Å²) in [6, 6.07) is 7.85. The molecular weight excluding hydrogens is 390 g/mol. The molecule has 2 N–H and O–H groups in total. The highest BCUT2D eigenvalue weighted by Crippen LogP contribution is 2.33. The number of H-pyrrole nitrogens is 1. The molecule has 4 aromatic rings. The molecule has 0 radical (unpaired) electrons. The average molecular weight is 412 g/mol. The van der Waals surface area contributed by atoms with Crippen LogP contribution in [0.25, 0.3) is 22.1 Å². The predicted molar refractivity (Wildman–Crippen MR) is 116 cm³/mol. The Kier molecular flexibility index (Phi) is 5.46. The topological polar surface area (TPSA) is 91.8 Å². The van der Waals surface area contributed by atoms with Gasteiger partial charge in [-0.25, -0.2) is 19.9 Å². The monoisotopic (exact) mass is 411 g/mol. The largest absolute Gasteiger partial charge is 0.383 e. The number of pyridine rings is 1. The molecule has 0 fully saturated rings. The predicted octanol–water partition coefficient (Wildman–Crippen LogP) is 3.81. The van der Waals surface area contributed by atoms with Crippen molar-refractivity contribution in [1.82, 2.24) is 24.9 Å². The fraction of sp³-hybridized carbons (Fsp3) is 0.300. The maximum absolute atomic E-state index is 6.40. The lowest BCUT2D eigenvalue weighted by Crippen LogP contribution is -2.25. The minimum atomic E-state index is -0.0766. The summed E-state index contributed by atoms with van der Waals surface area (Å²) in [5.41, 5.74) is 3.20. The number of halogens is 1. The van der Waals surface area contributed by atoms with Crippen LogP contribution >= 0.6 is 11.6 Å². The fourth-order valence-electron chi connectivity index (χ4n) is 3.28. The lowest BCUT2D eigenvalue weighted by Gasteiger charge is -2.25. The number of nitrogens with zero attached hydrogens (tertiary/aromatic N) is 5.